The molecule has 1 aromatic carbocycles. The summed E-state index contributed by atoms with van der Waals surface area (Å²) < 4.78 is 28.9. The third-order valence-electron chi connectivity index (χ3n) is 5.53. The minimum absolute atomic E-state index is 0.0447. The average Bonchev–Trinajstić information content (AvgIpc) is 3.31. The Morgan fingerprint density at radius 3 is 2.59 bits per heavy atom. The molecule has 0 spiro atoms. The van der Waals surface area contributed by atoms with Crippen LogP contribution < -0.4 is 10.7 Å². The summed E-state index contributed by atoms with van der Waals surface area (Å²) in [5, 5.41) is 3.12. The molecule has 3 heterocycles. The smallest absolute Gasteiger partial charge is 0.261 e. The number of aryl methyl sites for hydroxylation is 2. The highest BCUT2D eigenvalue weighted by Crippen LogP contribution is 2.28. The van der Waals surface area contributed by atoms with E-state index in [0.717, 1.165) is 18.5 Å². The fourth-order valence-corrected chi connectivity index (χ4v) is 5.50. The Morgan fingerprint density at radius 2 is 1.91 bits per heavy atom. The second-order valence-corrected chi connectivity index (χ2v) is 10.0. The highest BCUT2D eigenvalue weighted by molar-refractivity contribution is 7.89. The van der Waals surface area contributed by atoms with E-state index in [2.05, 4.69) is 10.3 Å². The van der Waals surface area contributed by atoms with Crippen molar-refractivity contribution < 1.29 is 13.2 Å². The van der Waals surface area contributed by atoms with E-state index in [4.69, 9.17) is 11.6 Å². The van der Waals surface area contributed by atoms with Crippen LogP contribution in [0, 0.1) is 6.92 Å². The molecule has 0 aliphatic carbocycles. The quantitative estimate of drug-likeness (QED) is 0.610. The first-order chi connectivity index (χ1) is 15.2. The number of amides is 1. The van der Waals surface area contributed by atoms with Crippen LogP contribution in [0.15, 0.2) is 46.2 Å². The summed E-state index contributed by atoms with van der Waals surface area (Å²) >= 11 is 6.23. The zero-order valence-electron chi connectivity index (χ0n) is 17.8. The Balaban J connectivity index is 1.72. The second kappa shape index (κ2) is 8.65. The largest absolute Gasteiger partial charge is 0.332 e. The summed E-state index contributed by atoms with van der Waals surface area (Å²) in [5.41, 5.74) is 0.868. The van der Waals surface area contributed by atoms with Gasteiger partial charge in [-0.2, -0.15) is 4.31 Å². The lowest BCUT2D eigenvalue weighted by molar-refractivity contribution is 0.102. The molecule has 32 heavy (non-hydrogen) atoms. The molecule has 1 saturated heterocycles. The molecule has 1 aliphatic heterocycles. The lowest BCUT2D eigenvalue weighted by Crippen LogP contribution is -2.28. The van der Waals surface area contributed by atoms with E-state index in [1.807, 2.05) is 13.8 Å². The van der Waals surface area contributed by atoms with Gasteiger partial charge < -0.3 is 9.88 Å². The molecule has 0 atom stereocenters. The lowest BCUT2D eigenvalue weighted by atomic mass is 10.1. The van der Waals surface area contributed by atoms with Crippen molar-refractivity contribution in [1.29, 1.82) is 0 Å². The average molecular weight is 475 g/mol. The number of fused-ring (bicyclic) bond motifs is 1. The normalized spacial score (nSPS) is 14.7. The summed E-state index contributed by atoms with van der Waals surface area (Å²) in [4.78, 5) is 30.5. The number of nitrogens with zero attached hydrogens (tertiary/aromatic N) is 3. The minimum atomic E-state index is -3.68. The first kappa shape index (κ1) is 22.4. The van der Waals surface area contributed by atoms with Gasteiger partial charge in [0.1, 0.15) is 11.2 Å². The number of pyridine rings is 2. The molecular weight excluding hydrogens is 452 g/mol. The lowest BCUT2D eigenvalue weighted by Gasteiger charge is -2.17. The van der Waals surface area contributed by atoms with Crippen LogP contribution in [0.2, 0.25) is 5.02 Å². The maximum Gasteiger partial charge on any atom is 0.261 e. The summed E-state index contributed by atoms with van der Waals surface area (Å²) in [7, 11) is -3.68. The molecule has 4 rings (SSSR count). The molecule has 1 aliphatic rings. The zero-order valence-corrected chi connectivity index (χ0v) is 19.3. The highest BCUT2D eigenvalue weighted by atomic mass is 35.5. The Bertz CT molecular complexity index is 1380. The van der Waals surface area contributed by atoms with Crippen LogP contribution in [0.4, 0.5) is 5.69 Å². The van der Waals surface area contributed by atoms with E-state index in [1.54, 1.807) is 16.7 Å². The Kier molecular flexibility index (Phi) is 6.07. The number of halogens is 1. The highest BCUT2D eigenvalue weighted by Gasteiger charge is 2.28. The number of anilines is 1. The number of hydrogen-bond donors (Lipinski definition) is 1. The van der Waals surface area contributed by atoms with Crippen LogP contribution in [0.25, 0.3) is 11.0 Å². The van der Waals surface area contributed by atoms with Crippen LogP contribution in [0.3, 0.4) is 0 Å². The molecule has 0 radical (unpaired) electrons. The van der Waals surface area contributed by atoms with Crippen molar-refractivity contribution in [3.8, 4) is 0 Å². The first-order valence-electron chi connectivity index (χ1n) is 10.3. The summed E-state index contributed by atoms with van der Waals surface area (Å²) in [6, 6.07) is 7.55. The Morgan fingerprint density at radius 1 is 1.19 bits per heavy atom. The zero-order chi connectivity index (χ0) is 23.0. The van der Waals surface area contributed by atoms with Crippen LogP contribution >= 0.6 is 11.6 Å². The van der Waals surface area contributed by atoms with E-state index in [1.165, 1.54) is 28.7 Å². The summed E-state index contributed by atoms with van der Waals surface area (Å²) in [5.74, 6) is -0.669. The summed E-state index contributed by atoms with van der Waals surface area (Å²) in [6.45, 7) is 5.16. The molecule has 1 amide bonds. The summed E-state index contributed by atoms with van der Waals surface area (Å²) in [6.07, 6.45) is 3.10. The van der Waals surface area contributed by atoms with E-state index in [-0.39, 0.29) is 21.2 Å². The van der Waals surface area contributed by atoms with Crippen LogP contribution in [0.5, 0.6) is 0 Å². The molecule has 10 heteroatoms. The number of sulfonamides is 1. The standard InChI is InChI=1S/C22H23ClN4O4S/c1-3-26-13-17(20(28)16-8-6-14(2)24-21(16)26)22(29)25-19-12-15(7-9-18(19)23)32(30,31)27-10-4-5-11-27/h6-9,12-13H,3-5,10-11H2,1-2H3,(H,25,29). The van der Waals surface area contributed by atoms with Gasteiger partial charge in [0, 0.05) is 31.5 Å². The Labute approximate surface area is 190 Å². The third-order valence-corrected chi connectivity index (χ3v) is 7.76. The predicted octanol–water partition coefficient (Wildman–Crippen LogP) is 3.42. The molecule has 0 unspecified atom stereocenters. The molecule has 2 aromatic heterocycles. The SMILES string of the molecule is CCn1cc(C(=O)Nc2cc(S(=O)(=O)N3CCCC3)ccc2Cl)c(=O)c2ccc(C)nc21. The molecule has 0 saturated carbocycles. The number of hydrogen-bond acceptors (Lipinski definition) is 5. The number of carbonyl (C=O) groups is 1. The van der Waals surface area contributed by atoms with Crippen molar-refractivity contribution in [2.45, 2.75) is 38.1 Å². The van der Waals surface area contributed by atoms with Gasteiger partial charge in [0.2, 0.25) is 15.5 Å². The van der Waals surface area contributed by atoms with Gasteiger partial charge in [-0.15, -0.1) is 0 Å². The van der Waals surface area contributed by atoms with Gasteiger partial charge in [0.15, 0.2) is 0 Å². The molecule has 8 nitrogen and oxygen atoms in total. The van der Waals surface area contributed by atoms with Crippen molar-refractivity contribution in [3.63, 3.8) is 0 Å². The van der Waals surface area contributed by atoms with Crippen molar-refractivity contribution in [3.05, 3.63) is 63.0 Å². The second-order valence-electron chi connectivity index (χ2n) is 7.69. The number of rotatable bonds is 5. The topological polar surface area (TPSA) is 101 Å². The van der Waals surface area contributed by atoms with Gasteiger partial charge in [-0.25, -0.2) is 13.4 Å². The van der Waals surface area contributed by atoms with Crippen molar-refractivity contribution in [2.24, 2.45) is 0 Å². The van der Waals surface area contributed by atoms with Gasteiger partial charge in [-0.3, -0.25) is 9.59 Å². The van der Waals surface area contributed by atoms with Gasteiger partial charge in [-0.05, 0) is 57.0 Å². The fourth-order valence-electron chi connectivity index (χ4n) is 3.79. The molecule has 3 aromatic rings. The van der Waals surface area contributed by atoms with E-state index in [0.29, 0.717) is 30.7 Å². The number of benzene rings is 1. The predicted molar refractivity (Wildman–Crippen MR) is 124 cm³/mol. The van der Waals surface area contributed by atoms with E-state index >= 15 is 0 Å². The van der Waals surface area contributed by atoms with E-state index < -0.39 is 21.4 Å². The monoisotopic (exact) mass is 474 g/mol. The van der Waals surface area contributed by atoms with Gasteiger partial charge in [-0.1, -0.05) is 11.6 Å². The van der Waals surface area contributed by atoms with Gasteiger partial charge >= 0.3 is 0 Å². The maximum atomic E-state index is 13.0. The van der Waals surface area contributed by atoms with Crippen molar-refractivity contribution in [1.82, 2.24) is 13.9 Å². The molecule has 0 bridgehead atoms. The third kappa shape index (κ3) is 4.03. The van der Waals surface area contributed by atoms with Crippen LogP contribution in [-0.2, 0) is 16.6 Å². The molecular formula is C22H23ClN4O4S. The molecule has 1 fully saturated rings. The number of aromatic nitrogens is 2. The minimum Gasteiger partial charge on any atom is -0.332 e. The van der Waals surface area contributed by atoms with Crippen molar-refractivity contribution >= 4 is 44.3 Å². The van der Waals surface area contributed by atoms with Gasteiger partial charge in [0.25, 0.3) is 5.91 Å². The van der Waals surface area contributed by atoms with Crippen molar-refractivity contribution in [2.75, 3.05) is 18.4 Å². The van der Waals surface area contributed by atoms with E-state index in [9.17, 15) is 18.0 Å². The number of carbonyl (C=O) groups excluding carboxylic acids is 1. The van der Waals surface area contributed by atoms with Crippen LogP contribution in [0.1, 0.15) is 35.8 Å². The number of nitrogens with one attached hydrogen (secondary N) is 1. The van der Waals surface area contributed by atoms with Crippen LogP contribution in [-0.4, -0.2) is 41.3 Å². The first-order valence-corrected chi connectivity index (χ1v) is 12.2. The molecule has 1 N–H and O–H groups in total. The maximum absolute atomic E-state index is 13.0. The van der Waals surface area contributed by atoms with Gasteiger partial charge in [0.05, 0.1) is 21.0 Å². The Hall–Kier alpha value is -2.75. The fraction of sp³-hybridized carbons (Fsp3) is 0.318. The molecule has 168 valence electrons.